The molecule has 31 heavy (non-hydrogen) atoms. The van der Waals surface area contributed by atoms with E-state index in [0.29, 0.717) is 16.7 Å². The second kappa shape index (κ2) is 8.11. The summed E-state index contributed by atoms with van der Waals surface area (Å²) in [5.41, 5.74) is 0.378. The molecule has 2 unspecified atom stereocenters. The molecule has 0 amide bonds. The first-order chi connectivity index (χ1) is 14.9. The topological polar surface area (TPSA) is 50.1 Å². The molecule has 0 radical (unpaired) electrons. The van der Waals surface area contributed by atoms with Crippen molar-refractivity contribution in [3.05, 3.63) is 100 Å². The number of aryl methyl sites for hydroxylation is 1. The van der Waals surface area contributed by atoms with E-state index in [1.54, 1.807) is 37.3 Å². The van der Waals surface area contributed by atoms with Crippen LogP contribution in [0.4, 0.5) is 0 Å². The first kappa shape index (κ1) is 20.4. The maximum absolute atomic E-state index is 13.0. The van der Waals surface area contributed by atoms with Crippen molar-refractivity contribution in [2.45, 2.75) is 19.4 Å². The fourth-order valence-electron chi connectivity index (χ4n) is 3.58. The average Bonchev–Trinajstić information content (AvgIpc) is 3.14. The number of benzene rings is 3. The first-order valence-electron chi connectivity index (χ1n) is 9.78. The van der Waals surface area contributed by atoms with Gasteiger partial charge in [0.25, 0.3) is 0 Å². The molecule has 4 heteroatoms. The zero-order valence-electron chi connectivity index (χ0n) is 17.3. The molecule has 3 aromatic carbocycles. The van der Waals surface area contributed by atoms with Crippen LogP contribution in [0.2, 0.25) is 0 Å². The summed E-state index contributed by atoms with van der Waals surface area (Å²) >= 11 is 0. The van der Waals surface area contributed by atoms with E-state index in [0.717, 1.165) is 4.90 Å². The Morgan fingerprint density at radius 3 is 2.48 bits per heavy atom. The summed E-state index contributed by atoms with van der Waals surface area (Å²) in [5, 5.41) is 10.2. The van der Waals surface area contributed by atoms with E-state index in [9.17, 15) is 4.79 Å². The Bertz CT molecular complexity index is 1370. The lowest BCUT2D eigenvalue weighted by atomic mass is 9.95. The smallest absolute Gasteiger partial charge is 0.340 e. The molecule has 0 saturated heterocycles. The van der Waals surface area contributed by atoms with Gasteiger partial charge in [0.1, 0.15) is 0 Å². The van der Waals surface area contributed by atoms with E-state index in [-0.39, 0.29) is 10.5 Å². The van der Waals surface area contributed by atoms with Crippen molar-refractivity contribution in [2.75, 3.05) is 0 Å². The number of ether oxygens (including phenoxy) is 1. The van der Waals surface area contributed by atoms with Gasteiger partial charge in [0.2, 0.25) is 0 Å². The van der Waals surface area contributed by atoms with Crippen molar-refractivity contribution >= 4 is 26.5 Å². The lowest BCUT2D eigenvalue weighted by Crippen LogP contribution is -2.27. The van der Waals surface area contributed by atoms with Gasteiger partial charge in [-0.3, -0.25) is 0 Å². The van der Waals surface area contributed by atoms with Crippen molar-refractivity contribution in [1.29, 1.82) is 5.26 Å². The van der Waals surface area contributed by atoms with Crippen LogP contribution in [0.15, 0.2) is 78.9 Å². The third kappa shape index (κ3) is 3.82. The molecule has 0 aliphatic carbocycles. The van der Waals surface area contributed by atoms with E-state index in [4.69, 9.17) is 16.4 Å². The van der Waals surface area contributed by atoms with Crippen molar-refractivity contribution < 1.29 is 9.53 Å². The predicted octanol–water partition coefficient (Wildman–Crippen LogP) is 6.46. The summed E-state index contributed by atoms with van der Waals surface area (Å²) in [6, 6.07) is 26.9. The standard InChI is InChI=1S/C27H20NO2S/c1-4-27(3,23-14-12-20(18-28)13-15-23)30-26(29)22-9-7-10-24(17-22)31-19(2)16-21-8-5-6-11-25(21)31/h1,5-17H,2-3H3/q+1. The fraction of sp³-hybridized carbons (Fsp3) is 0.111. The largest absolute Gasteiger partial charge is 0.438 e. The zero-order chi connectivity index (χ0) is 22.0. The van der Waals surface area contributed by atoms with Gasteiger partial charge in [-0.1, -0.05) is 36.3 Å². The molecule has 0 fully saturated rings. The van der Waals surface area contributed by atoms with Crippen LogP contribution in [-0.4, -0.2) is 5.97 Å². The number of hydrogen-bond donors (Lipinski definition) is 0. The van der Waals surface area contributed by atoms with Gasteiger partial charge in [-0.25, -0.2) is 4.79 Å². The molecule has 2 atom stereocenters. The van der Waals surface area contributed by atoms with Crippen LogP contribution >= 0.6 is 10.5 Å². The number of nitrogens with zero attached hydrogens (tertiary/aromatic N) is 1. The number of thiophene rings is 1. The predicted molar refractivity (Wildman–Crippen MR) is 125 cm³/mol. The first-order valence-corrected chi connectivity index (χ1v) is 11.0. The molecular formula is C27H20NO2S+. The number of hydrogen-bond acceptors (Lipinski definition) is 3. The van der Waals surface area contributed by atoms with Gasteiger partial charge in [-0.05, 0) is 43.3 Å². The van der Waals surface area contributed by atoms with E-state index in [2.05, 4.69) is 37.1 Å². The highest BCUT2D eigenvalue weighted by Crippen LogP contribution is 2.43. The number of carbonyl (C=O) groups excluding carboxylic acids is 1. The van der Waals surface area contributed by atoms with Crippen molar-refractivity contribution in [3.63, 3.8) is 0 Å². The highest BCUT2D eigenvalue weighted by atomic mass is 32.2. The second-order valence-corrected chi connectivity index (χ2v) is 9.55. The van der Waals surface area contributed by atoms with Gasteiger partial charge in [0, 0.05) is 40.5 Å². The van der Waals surface area contributed by atoms with Crippen LogP contribution in [0.1, 0.15) is 33.3 Å². The Morgan fingerprint density at radius 1 is 1.03 bits per heavy atom. The average molecular weight is 423 g/mol. The molecule has 0 bridgehead atoms. The van der Waals surface area contributed by atoms with Crippen molar-refractivity contribution in [1.82, 2.24) is 0 Å². The van der Waals surface area contributed by atoms with E-state index >= 15 is 0 Å². The number of fused-ring (bicyclic) bond motifs is 1. The Hall–Kier alpha value is -3.86. The minimum atomic E-state index is -1.24. The van der Waals surface area contributed by atoms with Crippen molar-refractivity contribution in [2.24, 2.45) is 0 Å². The molecule has 0 aliphatic heterocycles. The van der Waals surface area contributed by atoms with Gasteiger partial charge in [0.15, 0.2) is 20.1 Å². The van der Waals surface area contributed by atoms with Crippen LogP contribution < -0.4 is 0 Å². The van der Waals surface area contributed by atoms with Crippen LogP contribution in [0.25, 0.3) is 15.0 Å². The lowest BCUT2D eigenvalue weighted by Gasteiger charge is -2.24. The van der Waals surface area contributed by atoms with Crippen LogP contribution in [0.5, 0.6) is 0 Å². The normalized spacial score (nSPS) is 13.1. The SMILES string of the molecule is C#CC(C)(OC(=O)c1cccc(-[s+]2c(C)cc3ccccc32)c1)c1ccc(C#N)cc1. The zero-order valence-corrected chi connectivity index (χ0v) is 18.1. The summed E-state index contributed by atoms with van der Waals surface area (Å²) in [7, 11) is -0.219. The number of nitriles is 1. The van der Waals surface area contributed by atoms with Crippen molar-refractivity contribution in [3.8, 4) is 23.3 Å². The fourth-order valence-corrected chi connectivity index (χ4v) is 5.83. The highest BCUT2D eigenvalue weighted by Gasteiger charge is 2.30. The highest BCUT2D eigenvalue weighted by molar-refractivity contribution is 7.45. The molecule has 0 aliphatic rings. The molecule has 150 valence electrons. The molecule has 4 aromatic rings. The van der Waals surface area contributed by atoms with Gasteiger partial charge >= 0.3 is 5.97 Å². The van der Waals surface area contributed by atoms with E-state index < -0.39 is 11.6 Å². The Labute approximate surface area is 184 Å². The third-order valence-corrected chi connectivity index (χ3v) is 7.56. The van der Waals surface area contributed by atoms with E-state index in [1.807, 2.05) is 30.3 Å². The third-order valence-electron chi connectivity index (χ3n) is 5.26. The Kier molecular flexibility index (Phi) is 5.34. The molecule has 0 N–H and O–H groups in total. The lowest BCUT2D eigenvalue weighted by molar-refractivity contribution is 0.0129. The number of carbonyl (C=O) groups is 1. The van der Waals surface area contributed by atoms with E-state index in [1.165, 1.54) is 15.0 Å². The number of rotatable bonds is 4. The van der Waals surface area contributed by atoms with Gasteiger partial charge < -0.3 is 4.74 Å². The monoisotopic (exact) mass is 422 g/mol. The van der Waals surface area contributed by atoms with Crippen LogP contribution in [0, 0.1) is 30.6 Å². The minimum absolute atomic E-state index is 0.219. The number of esters is 1. The Balaban J connectivity index is 1.67. The minimum Gasteiger partial charge on any atom is -0.438 e. The summed E-state index contributed by atoms with van der Waals surface area (Å²) in [6.45, 7) is 3.80. The molecule has 1 aromatic heterocycles. The second-order valence-electron chi connectivity index (χ2n) is 7.38. The summed E-state index contributed by atoms with van der Waals surface area (Å²) in [5.74, 6) is 2.11. The molecule has 4 rings (SSSR count). The Morgan fingerprint density at radius 2 is 1.77 bits per heavy atom. The number of terminal acetylenes is 1. The molecule has 0 saturated carbocycles. The summed E-state index contributed by atoms with van der Waals surface area (Å²) < 4.78 is 7.04. The molecule has 3 nitrogen and oxygen atoms in total. The van der Waals surface area contributed by atoms with Gasteiger partial charge in [-0.15, -0.1) is 6.42 Å². The van der Waals surface area contributed by atoms with Crippen LogP contribution in [-0.2, 0) is 10.3 Å². The molecule has 1 heterocycles. The van der Waals surface area contributed by atoms with Gasteiger partial charge in [0.05, 0.1) is 17.2 Å². The molecular weight excluding hydrogens is 402 g/mol. The quantitative estimate of drug-likeness (QED) is 0.215. The maximum atomic E-state index is 13.0. The van der Waals surface area contributed by atoms with Gasteiger partial charge in [-0.2, -0.15) is 5.26 Å². The summed E-state index contributed by atoms with van der Waals surface area (Å²) in [4.78, 5) is 15.4. The van der Waals surface area contributed by atoms with Crippen LogP contribution in [0.3, 0.4) is 0 Å². The summed E-state index contributed by atoms with van der Waals surface area (Å²) in [6.07, 6.45) is 5.74. The molecule has 0 spiro atoms. The maximum Gasteiger partial charge on any atom is 0.340 e.